The number of amides is 1. The maximum Gasteiger partial charge on any atom is 0.266 e. The molecule has 0 unspecified atom stereocenters. The first-order valence-electron chi connectivity index (χ1n) is 8.57. The van der Waals surface area contributed by atoms with E-state index in [1.165, 1.54) is 28.0 Å². The van der Waals surface area contributed by atoms with Gasteiger partial charge in [-0.3, -0.25) is 4.79 Å². The molecular weight excluding hydrogens is 328 g/mol. The molecule has 0 fully saturated rings. The Morgan fingerprint density at radius 1 is 1.08 bits per heavy atom. The average Bonchev–Trinajstić information content (AvgIpc) is 3.01. The minimum absolute atomic E-state index is 0.115. The van der Waals surface area contributed by atoms with Gasteiger partial charge in [-0.1, -0.05) is 54.6 Å². The largest absolute Gasteiger partial charge is 0.333 e. The molecule has 0 saturated heterocycles. The van der Waals surface area contributed by atoms with Gasteiger partial charge < -0.3 is 4.90 Å². The molecule has 0 bridgehead atoms. The first kappa shape index (κ1) is 16.0. The number of thiazole rings is 1. The molecule has 2 heterocycles. The Hall–Kier alpha value is -2.46. The average molecular weight is 348 g/mol. The van der Waals surface area contributed by atoms with E-state index in [0.717, 1.165) is 35.0 Å². The first-order valence-corrected chi connectivity index (χ1v) is 9.38. The van der Waals surface area contributed by atoms with E-state index in [-0.39, 0.29) is 5.91 Å². The van der Waals surface area contributed by atoms with Crippen LogP contribution >= 0.6 is 11.3 Å². The van der Waals surface area contributed by atoms with Crippen molar-refractivity contribution in [1.29, 1.82) is 0 Å². The van der Waals surface area contributed by atoms with Crippen LogP contribution < -0.4 is 0 Å². The van der Waals surface area contributed by atoms with Crippen molar-refractivity contribution in [3.05, 3.63) is 86.9 Å². The van der Waals surface area contributed by atoms with Gasteiger partial charge in [0.25, 0.3) is 5.91 Å². The Bertz CT molecular complexity index is 901. The molecule has 3 nitrogen and oxygen atoms in total. The maximum atomic E-state index is 13.0. The first-order chi connectivity index (χ1) is 12.2. The van der Waals surface area contributed by atoms with Crippen LogP contribution in [0.4, 0.5) is 0 Å². The quantitative estimate of drug-likeness (QED) is 0.709. The van der Waals surface area contributed by atoms with Crippen molar-refractivity contribution in [3.8, 4) is 0 Å². The number of benzene rings is 2. The van der Waals surface area contributed by atoms with Crippen molar-refractivity contribution in [1.82, 2.24) is 9.88 Å². The minimum atomic E-state index is 0.115. The summed E-state index contributed by atoms with van der Waals surface area (Å²) >= 11 is 1.54. The lowest BCUT2D eigenvalue weighted by molar-refractivity contribution is 0.0738. The second kappa shape index (κ2) is 6.81. The standard InChI is InChI=1S/C21H20N2OS/c1-15-20(25-19(22-15)13-16-7-3-2-4-8-16)21(24)23-12-11-17-9-5-6-10-18(17)14-23/h2-10H,11-14H2,1H3. The Balaban J connectivity index is 1.53. The lowest BCUT2D eigenvalue weighted by atomic mass is 10.00. The van der Waals surface area contributed by atoms with E-state index in [0.29, 0.717) is 6.54 Å². The fourth-order valence-corrected chi connectivity index (χ4v) is 4.38. The molecule has 0 radical (unpaired) electrons. The summed E-state index contributed by atoms with van der Waals surface area (Å²) in [6.45, 7) is 3.41. The highest BCUT2D eigenvalue weighted by Gasteiger charge is 2.25. The highest BCUT2D eigenvalue weighted by molar-refractivity contribution is 7.13. The van der Waals surface area contributed by atoms with E-state index in [1.54, 1.807) is 0 Å². The van der Waals surface area contributed by atoms with Crippen LogP contribution in [-0.2, 0) is 19.4 Å². The fourth-order valence-electron chi connectivity index (χ4n) is 3.31. The third-order valence-corrected chi connectivity index (χ3v) is 5.80. The third kappa shape index (κ3) is 3.35. The second-order valence-corrected chi connectivity index (χ2v) is 7.51. The van der Waals surface area contributed by atoms with Gasteiger partial charge in [-0.2, -0.15) is 0 Å². The van der Waals surface area contributed by atoms with Gasteiger partial charge in [0.05, 0.1) is 10.7 Å². The molecule has 25 heavy (non-hydrogen) atoms. The van der Waals surface area contributed by atoms with Crippen LogP contribution in [0.15, 0.2) is 54.6 Å². The van der Waals surface area contributed by atoms with Gasteiger partial charge in [0.1, 0.15) is 4.88 Å². The van der Waals surface area contributed by atoms with Crippen LogP contribution in [0.5, 0.6) is 0 Å². The lowest BCUT2D eigenvalue weighted by Crippen LogP contribution is -2.35. The van der Waals surface area contributed by atoms with Crippen molar-refractivity contribution in [3.63, 3.8) is 0 Å². The van der Waals surface area contributed by atoms with Crippen molar-refractivity contribution in [2.75, 3.05) is 6.54 Å². The van der Waals surface area contributed by atoms with Crippen molar-refractivity contribution in [2.24, 2.45) is 0 Å². The van der Waals surface area contributed by atoms with Crippen molar-refractivity contribution in [2.45, 2.75) is 26.3 Å². The van der Waals surface area contributed by atoms with Crippen molar-refractivity contribution >= 4 is 17.2 Å². The number of carbonyl (C=O) groups is 1. The van der Waals surface area contributed by atoms with Crippen LogP contribution in [0.2, 0.25) is 0 Å². The third-order valence-electron chi connectivity index (χ3n) is 4.65. The Morgan fingerprint density at radius 2 is 1.80 bits per heavy atom. The molecule has 1 aliphatic heterocycles. The molecule has 0 N–H and O–H groups in total. The normalized spacial score (nSPS) is 13.6. The maximum absolute atomic E-state index is 13.0. The molecule has 1 aliphatic rings. The molecule has 1 aromatic heterocycles. The van der Waals surface area contributed by atoms with E-state index < -0.39 is 0 Å². The van der Waals surface area contributed by atoms with Crippen LogP contribution in [0, 0.1) is 6.92 Å². The molecule has 1 amide bonds. The summed E-state index contributed by atoms with van der Waals surface area (Å²) in [6, 6.07) is 18.7. The highest BCUT2D eigenvalue weighted by atomic mass is 32.1. The zero-order valence-corrected chi connectivity index (χ0v) is 15.1. The minimum Gasteiger partial charge on any atom is -0.333 e. The number of nitrogens with zero attached hydrogens (tertiary/aromatic N) is 2. The predicted octanol–water partition coefficient (Wildman–Crippen LogP) is 4.24. The SMILES string of the molecule is Cc1nc(Cc2ccccc2)sc1C(=O)N1CCc2ccccc2C1. The van der Waals surface area contributed by atoms with Crippen molar-refractivity contribution < 1.29 is 4.79 Å². The van der Waals surface area contributed by atoms with Gasteiger partial charge in [0, 0.05) is 19.5 Å². The van der Waals surface area contributed by atoms with Gasteiger partial charge in [-0.25, -0.2) is 4.98 Å². The molecule has 126 valence electrons. The Kier molecular flexibility index (Phi) is 4.36. The molecule has 0 saturated carbocycles. The number of hydrogen-bond donors (Lipinski definition) is 0. The monoisotopic (exact) mass is 348 g/mol. The summed E-state index contributed by atoms with van der Waals surface area (Å²) < 4.78 is 0. The topological polar surface area (TPSA) is 33.2 Å². The Morgan fingerprint density at radius 3 is 2.60 bits per heavy atom. The number of hydrogen-bond acceptors (Lipinski definition) is 3. The summed E-state index contributed by atoms with van der Waals surface area (Å²) in [5, 5.41) is 1.00. The predicted molar refractivity (Wildman–Crippen MR) is 101 cm³/mol. The van der Waals surface area contributed by atoms with E-state index in [2.05, 4.69) is 35.3 Å². The molecule has 0 atom stereocenters. The van der Waals surface area contributed by atoms with E-state index in [1.807, 2.05) is 36.1 Å². The number of fused-ring (bicyclic) bond motifs is 1. The number of carbonyl (C=O) groups excluding carboxylic acids is 1. The van der Waals surface area contributed by atoms with Crippen LogP contribution in [-0.4, -0.2) is 22.3 Å². The smallest absolute Gasteiger partial charge is 0.266 e. The van der Waals surface area contributed by atoms with E-state index in [9.17, 15) is 4.79 Å². The highest BCUT2D eigenvalue weighted by Crippen LogP contribution is 2.25. The summed E-state index contributed by atoms with van der Waals surface area (Å²) in [7, 11) is 0. The summed E-state index contributed by atoms with van der Waals surface area (Å²) in [4.78, 5) is 20.4. The van der Waals surface area contributed by atoms with E-state index >= 15 is 0 Å². The van der Waals surface area contributed by atoms with Gasteiger partial charge in [-0.15, -0.1) is 11.3 Å². The van der Waals surface area contributed by atoms with Crippen LogP contribution in [0.25, 0.3) is 0 Å². The van der Waals surface area contributed by atoms with Gasteiger partial charge in [0.15, 0.2) is 0 Å². The van der Waals surface area contributed by atoms with E-state index in [4.69, 9.17) is 0 Å². The van der Waals surface area contributed by atoms with Crippen LogP contribution in [0.1, 0.15) is 37.1 Å². The molecule has 4 heteroatoms. The molecule has 2 aromatic carbocycles. The Labute approximate surface area is 152 Å². The zero-order valence-electron chi connectivity index (χ0n) is 14.2. The van der Waals surface area contributed by atoms with Gasteiger partial charge in [-0.05, 0) is 30.0 Å². The van der Waals surface area contributed by atoms with Gasteiger partial charge >= 0.3 is 0 Å². The molecule has 4 rings (SSSR count). The molecule has 0 spiro atoms. The molecule has 0 aliphatic carbocycles. The number of rotatable bonds is 3. The summed E-state index contributed by atoms with van der Waals surface area (Å²) in [6.07, 6.45) is 1.71. The molecular formula is C21H20N2OS. The number of aryl methyl sites for hydroxylation is 1. The number of aromatic nitrogens is 1. The van der Waals surface area contributed by atoms with Crippen LogP contribution in [0.3, 0.4) is 0 Å². The molecule has 3 aromatic rings. The lowest BCUT2D eigenvalue weighted by Gasteiger charge is -2.28. The van der Waals surface area contributed by atoms with Gasteiger partial charge in [0.2, 0.25) is 0 Å². The second-order valence-electron chi connectivity index (χ2n) is 6.43. The zero-order chi connectivity index (χ0) is 17.2. The summed E-state index contributed by atoms with van der Waals surface area (Å²) in [5.41, 5.74) is 4.69. The fraction of sp³-hybridized carbons (Fsp3) is 0.238. The summed E-state index contributed by atoms with van der Waals surface area (Å²) in [5.74, 6) is 0.115.